The van der Waals surface area contributed by atoms with E-state index in [0.29, 0.717) is 46.1 Å². The number of methoxy groups -OCH3 is 1. The number of nitrogens with one attached hydrogen (secondary N) is 1. The first-order valence-electron chi connectivity index (χ1n) is 16.4. The number of nitrogens with zero attached hydrogens (tertiary/aromatic N) is 3. The third kappa shape index (κ3) is 6.89. The Bertz CT molecular complexity index is 1610. The summed E-state index contributed by atoms with van der Waals surface area (Å²) < 4.78 is 5.53. The molecule has 0 radical (unpaired) electrons. The largest absolute Gasteiger partial charge is 0.495 e. The first-order valence-corrected chi connectivity index (χ1v) is 16.8. The zero-order valence-corrected chi connectivity index (χ0v) is 28.6. The number of halogens is 1. The number of benzene rings is 1. The molecule has 240 valence electrons. The third-order valence-electron chi connectivity index (χ3n) is 9.90. The van der Waals surface area contributed by atoms with Crippen LogP contribution in [0.25, 0.3) is 11.3 Å². The number of nitrogen functional groups attached to an aromatic ring is 1. The van der Waals surface area contributed by atoms with Crippen molar-refractivity contribution in [3.05, 3.63) is 69.1 Å². The molecule has 2 heterocycles. The van der Waals surface area contributed by atoms with E-state index in [1.165, 1.54) is 5.56 Å². The van der Waals surface area contributed by atoms with Gasteiger partial charge in [-0.05, 0) is 92.2 Å². The molecule has 2 saturated carbocycles. The zero-order chi connectivity index (χ0) is 32.5. The van der Waals surface area contributed by atoms with Crippen molar-refractivity contribution >= 4 is 29.4 Å². The molecule has 3 aromatic rings. The second kappa shape index (κ2) is 13.1. The summed E-state index contributed by atoms with van der Waals surface area (Å²) in [7, 11) is 1.57. The van der Waals surface area contributed by atoms with Crippen molar-refractivity contribution in [1.82, 2.24) is 15.3 Å². The van der Waals surface area contributed by atoms with Gasteiger partial charge in [-0.15, -0.1) is 0 Å². The van der Waals surface area contributed by atoms with Gasteiger partial charge < -0.3 is 15.8 Å². The number of rotatable bonds is 13. The molecular weight excluding hydrogens is 582 g/mol. The van der Waals surface area contributed by atoms with E-state index >= 15 is 0 Å². The number of carbonyl (C=O) groups is 1. The van der Waals surface area contributed by atoms with Crippen LogP contribution in [0.2, 0.25) is 5.02 Å². The molecule has 8 heteroatoms. The van der Waals surface area contributed by atoms with Gasteiger partial charge in [-0.3, -0.25) is 19.8 Å². The number of pyridine rings is 2. The maximum absolute atomic E-state index is 13.7. The summed E-state index contributed by atoms with van der Waals surface area (Å²) >= 11 is 7.01. The van der Waals surface area contributed by atoms with Gasteiger partial charge in [0.05, 0.1) is 35.2 Å². The fourth-order valence-electron chi connectivity index (χ4n) is 6.13. The molecule has 1 unspecified atom stereocenters. The molecule has 1 atom stereocenters. The normalized spacial score (nSPS) is 16.5. The molecule has 1 aromatic carbocycles. The summed E-state index contributed by atoms with van der Waals surface area (Å²) in [5, 5.41) is 3.94. The van der Waals surface area contributed by atoms with Gasteiger partial charge in [-0.2, -0.15) is 0 Å². The first kappa shape index (κ1) is 32.9. The van der Waals surface area contributed by atoms with Crippen molar-refractivity contribution in [2.75, 3.05) is 19.4 Å². The van der Waals surface area contributed by atoms with E-state index in [1.807, 2.05) is 12.3 Å². The lowest BCUT2D eigenvalue weighted by Gasteiger charge is -2.34. The Balaban J connectivity index is 1.53. The zero-order valence-electron chi connectivity index (χ0n) is 27.9. The van der Waals surface area contributed by atoms with Gasteiger partial charge >= 0.3 is 0 Å². The number of anilines is 1. The van der Waals surface area contributed by atoms with Crippen molar-refractivity contribution in [2.45, 2.75) is 103 Å². The van der Waals surface area contributed by atoms with Crippen molar-refractivity contribution in [3.8, 4) is 17.0 Å². The van der Waals surface area contributed by atoms with Crippen LogP contribution in [-0.4, -0.2) is 41.8 Å². The first-order chi connectivity index (χ1) is 21.4. The third-order valence-corrected chi connectivity index (χ3v) is 10.3. The maximum atomic E-state index is 13.7. The monoisotopic (exact) mass is 629 g/mol. The fourth-order valence-corrected chi connectivity index (χ4v) is 6.43. The van der Waals surface area contributed by atoms with Crippen LogP contribution in [0.15, 0.2) is 35.5 Å². The van der Waals surface area contributed by atoms with Gasteiger partial charge in [-0.25, -0.2) is 0 Å². The van der Waals surface area contributed by atoms with Crippen LogP contribution in [0.1, 0.15) is 112 Å². The number of carbonyl (C=O) groups excluding carboxylic acids is 1. The highest BCUT2D eigenvalue weighted by atomic mass is 35.5. The van der Waals surface area contributed by atoms with Gasteiger partial charge in [0.15, 0.2) is 0 Å². The van der Waals surface area contributed by atoms with E-state index in [0.717, 1.165) is 73.2 Å². The van der Waals surface area contributed by atoms with Crippen LogP contribution in [0.5, 0.6) is 5.75 Å². The second-order valence-electron chi connectivity index (χ2n) is 13.7. The highest BCUT2D eigenvalue weighted by molar-refractivity contribution is 6.33. The maximum Gasteiger partial charge on any atom is 0.251 e. The number of hydrogen-bond acceptors (Lipinski definition) is 6. The predicted molar refractivity (Wildman–Crippen MR) is 185 cm³/mol. The molecule has 1 amide bonds. The van der Waals surface area contributed by atoms with Gasteiger partial charge in [0.1, 0.15) is 5.75 Å². The minimum absolute atomic E-state index is 0.0745. The Kier molecular flexibility index (Phi) is 9.60. The molecule has 7 nitrogen and oxygen atoms in total. The van der Waals surface area contributed by atoms with Crippen LogP contribution in [0.3, 0.4) is 0 Å². The smallest absolute Gasteiger partial charge is 0.251 e. The SMILES string of the molecule is CCCc1nccc(-c2nc(C(C)(CNC(=O)c3cc(C=NC4CC4)c(N)c(OC)c3)C3CC3)cc(C(C)(C)CC)c2C)c1Cl. The highest BCUT2D eigenvalue weighted by Crippen LogP contribution is 2.48. The Labute approximate surface area is 273 Å². The van der Waals surface area contributed by atoms with E-state index in [4.69, 9.17) is 27.1 Å². The van der Waals surface area contributed by atoms with Crippen LogP contribution < -0.4 is 15.8 Å². The number of amides is 1. The molecule has 2 fully saturated rings. The molecular formula is C37H48ClN5O2. The van der Waals surface area contributed by atoms with E-state index in [9.17, 15) is 4.79 Å². The lowest BCUT2D eigenvalue weighted by Crippen LogP contribution is -2.41. The number of hydrogen-bond donors (Lipinski definition) is 2. The highest BCUT2D eigenvalue weighted by Gasteiger charge is 2.45. The molecule has 45 heavy (non-hydrogen) atoms. The van der Waals surface area contributed by atoms with Gasteiger partial charge in [0.2, 0.25) is 0 Å². The van der Waals surface area contributed by atoms with Gasteiger partial charge in [0, 0.05) is 46.8 Å². The quantitative estimate of drug-likeness (QED) is 0.147. The molecule has 5 rings (SSSR count). The summed E-state index contributed by atoms with van der Waals surface area (Å²) in [6, 6.07) is 8.13. The van der Waals surface area contributed by atoms with E-state index < -0.39 is 0 Å². The number of aromatic nitrogens is 2. The topological polar surface area (TPSA) is 102 Å². The van der Waals surface area contributed by atoms with Gasteiger partial charge in [-0.1, -0.05) is 52.6 Å². The molecule has 0 aliphatic heterocycles. The predicted octanol–water partition coefficient (Wildman–Crippen LogP) is 8.02. The molecule has 2 aliphatic carbocycles. The van der Waals surface area contributed by atoms with Crippen LogP contribution in [-0.2, 0) is 17.3 Å². The van der Waals surface area contributed by atoms with Crippen LogP contribution >= 0.6 is 11.6 Å². The second-order valence-corrected chi connectivity index (χ2v) is 14.1. The van der Waals surface area contributed by atoms with E-state index in [-0.39, 0.29) is 16.7 Å². The molecule has 0 saturated heterocycles. The summed E-state index contributed by atoms with van der Waals surface area (Å²) in [4.78, 5) is 28.2. The summed E-state index contributed by atoms with van der Waals surface area (Å²) in [6.07, 6.45) is 10.7. The Morgan fingerprint density at radius 3 is 2.53 bits per heavy atom. The number of nitrogens with two attached hydrogens (primary N) is 1. The van der Waals surface area contributed by atoms with E-state index in [1.54, 1.807) is 25.5 Å². The number of ether oxygens (including phenoxy) is 1. The van der Waals surface area contributed by atoms with E-state index in [2.05, 4.69) is 62.9 Å². The van der Waals surface area contributed by atoms with Crippen LogP contribution in [0, 0.1) is 12.8 Å². The fraction of sp³-hybridized carbons (Fsp3) is 0.514. The summed E-state index contributed by atoms with van der Waals surface area (Å²) in [5.41, 5.74) is 13.7. The molecule has 0 spiro atoms. The van der Waals surface area contributed by atoms with Crippen molar-refractivity contribution < 1.29 is 9.53 Å². The van der Waals surface area contributed by atoms with Crippen LogP contribution in [0.4, 0.5) is 5.69 Å². The minimum Gasteiger partial charge on any atom is -0.495 e. The average Bonchev–Trinajstić information content (AvgIpc) is 3.95. The Morgan fingerprint density at radius 2 is 1.91 bits per heavy atom. The summed E-state index contributed by atoms with van der Waals surface area (Å²) in [5.74, 6) is 0.700. The molecule has 2 aromatic heterocycles. The lowest BCUT2D eigenvalue weighted by atomic mass is 9.74. The average molecular weight is 630 g/mol. The standard InChI is InChI=1S/C37H48ClN5O2/c1-8-10-29-32(38)27(15-16-40-29)34-22(3)28(36(4,5)9-2)19-31(43-34)37(6,25-11-12-25)21-42-35(44)23-17-24(20-41-26-13-14-26)33(39)30(18-23)45-7/h15-20,25-26H,8-14,21,39H2,1-7H3,(H,42,44). The van der Waals surface area contributed by atoms with Crippen molar-refractivity contribution in [1.29, 1.82) is 0 Å². The van der Waals surface area contributed by atoms with Gasteiger partial charge in [0.25, 0.3) is 5.91 Å². The Morgan fingerprint density at radius 1 is 1.18 bits per heavy atom. The number of aryl methyl sites for hydroxylation is 1. The molecule has 0 bridgehead atoms. The number of aliphatic imine (C=N–C) groups is 1. The summed E-state index contributed by atoms with van der Waals surface area (Å²) in [6.45, 7) is 13.8. The lowest BCUT2D eigenvalue weighted by molar-refractivity contribution is 0.0941. The molecule has 2 aliphatic rings. The van der Waals surface area contributed by atoms with Crippen molar-refractivity contribution in [3.63, 3.8) is 0 Å². The molecule has 3 N–H and O–H groups in total. The Hall–Kier alpha value is -3.45. The minimum atomic E-state index is -0.378. The van der Waals surface area contributed by atoms with Crippen molar-refractivity contribution in [2.24, 2.45) is 10.9 Å².